The van der Waals surface area contributed by atoms with E-state index in [1.54, 1.807) is 25.8 Å². The van der Waals surface area contributed by atoms with Crippen molar-refractivity contribution in [2.45, 2.75) is 52.1 Å². The standard InChI is InChI=1S/C13H28N2O2/c1-5-11(8-9-14)6-7-12(16)15(4)10-13(2,3)17/h11,17H,5-10,14H2,1-4H3. The molecule has 4 heteroatoms. The lowest BCUT2D eigenvalue weighted by Gasteiger charge is -2.26. The molecule has 0 aromatic carbocycles. The molecule has 102 valence electrons. The second kappa shape index (κ2) is 7.67. The summed E-state index contributed by atoms with van der Waals surface area (Å²) < 4.78 is 0. The van der Waals surface area contributed by atoms with Crippen molar-refractivity contribution < 1.29 is 9.90 Å². The molecule has 0 radical (unpaired) electrons. The maximum atomic E-state index is 11.8. The highest BCUT2D eigenvalue weighted by Gasteiger charge is 2.19. The second-order valence-electron chi connectivity index (χ2n) is 5.45. The van der Waals surface area contributed by atoms with Crippen LogP contribution in [0.2, 0.25) is 0 Å². The van der Waals surface area contributed by atoms with Crippen LogP contribution in [0.3, 0.4) is 0 Å². The molecule has 0 aromatic rings. The van der Waals surface area contributed by atoms with E-state index in [0.717, 1.165) is 19.3 Å². The Bertz CT molecular complexity index is 224. The van der Waals surface area contributed by atoms with E-state index in [0.29, 0.717) is 25.4 Å². The van der Waals surface area contributed by atoms with Crippen LogP contribution in [0, 0.1) is 5.92 Å². The van der Waals surface area contributed by atoms with Gasteiger partial charge in [-0.05, 0) is 39.2 Å². The Balaban J connectivity index is 4.00. The Morgan fingerprint density at radius 2 is 2.00 bits per heavy atom. The topological polar surface area (TPSA) is 66.6 Å². The van der Waals surface area contributed by atoms with E-state index < -0.39 is 5.60 Å². The van der Waals surface area contributed by atoms with Crippen LogP contribution >= 0.6 is 0 Å². The molecule has 0 aromatic heterocycles. The third-order valence-corrected chi connectivity index (χ3v) is 2.97. The predicted molar refractivity (Wildman–Crippen MR) is 70.6 cm³/mol. The molecule has 0 fully saturated rings. The zero-order chi connectivity index (χ0) is 13.5. The number of carbonyl (C=O) groups is 1. The lowest BCUT2D eigenvalue weighted by Crippen LogP contribution is -2.39. The van der Waals surface area contributed by atoms with E-state index >= 15 is 0 Å². The summed E-state index contributed by atoms with van der Waals surface area (Å²) in [7, 11) is 1.74. The number of hydrogen-bond donors (Lipinski definition) is 2. The molecule has 17 heavy (non-hydrogen) atoms. The third-order valence-electron chi connectivity index (χ3n) is 2.97. The summed E-state index contributed by atoms with van der Waals surface area (Å²) >= 11 is 0. The number of nitrogens with zero attached hydrogens (tertiary/aromatic N) is 1. The molecule has 0 aliphatic rings. The molecule has 0 bridgehead atoms. The van der Waals surface area contributed by atoms with Gasteiger partial charge in [0.1, 0.15) is 0 Å². The molecule has 4 nitrogen and oxygen atoms in total. The lowest BCUT2D eigenvalue weighted by molar-refractivity contribution is -0.132. The van der Waals surface area contributed by atoms with Crippen LogP contribution in [0.25, 0.3) is 0 Å². The molecule has 3 N–H and O–H groups in total. The van der Waals surface area contributed by atoms with E-state index in [2.05, 4.69) is 6.92 Å². The van der Waals surface area contributed by atoms with E-state index in [4.69, 9.17) is 5.73 Å². The molecule has 0 heterocycles. The number of hydrogen-bond acceptors (Lipinski definition) is 3. The SMILES string of the molecule is CCC(CCN)CCC(=O)N(C)CC(C)(C)O. The highest BCUT2D eigenvalue weighted by atomic mass is 16.3. The van der Waals surface area contributed by atoms with Crippen molar-refractivity contribution in [3.8, 4) is 0 Å². The molecular weight excluding hydrogens is 216 g/mol. The summed E-state index contributed by atoms with van der Waals surface area (Å²) in [6.45, 7) is 6.61. The van der Waals surface area contributed by atoms with Crippen LogP contribution in [0.1, 0.15) is 46.5 Å². The van der Waals surface area contributed by atoms with Gasteiger partial charge in [0.25, 0.3) is 0 Å². The molecule has 1 unspecified atom stereocenters. The van der Waals surface area contributed by atoms with Gasteiger partial charge in [0.2, 0.25) is 5.91 Å². The fourth-order valence-electron chi connectivity index (χ4n) is 1.98. The van der Waals surface area contributed by atoms with Gasteiger partial charge in [-0.1, -0.05) is 13.3 Å². The molecule has 1 atom stereocenters. The molecule has 0 spiro atoms. The van der Waals surface area contributed by atoms with Crippen LogP contribution in [-0.4, -0.2) is 41.7 Å². The van der Waals surface area contributed by atoms with E-state index in [1.165, 1.54) is 0 Å². The van der Waals surface area contributed by atoms with Crippen LogP contribution < -0.4 is 5.73 Å². The van der Waals surface area contributed by atoms with Crippen molar-refractivity contribution >= 4 is 5.91 Å². The molecule has 0 aliphatic heterocycles. The van der Waals surface area contributed by atoms with Crippen molar-refractivity contribution in [2.75, 3.05) is 20.1 Å². The Kier molecular flexibility index (Phi) is 7.39. The average molecular weight is 244 g/mol. The second-order valence-corrected chi connectivity index (χ2v) is 5.45. The number of carbonyl (C=O) groups excluding carboxylic acids is 1. The first-order valence-corrected chi connectivity index (χ1v) is 6.46. The van der Waals surface area contributed by atoms with Crippen molar-refractivity contribution in [3.63, 3.8) is 0 Å². The van der Waals surface area contributed by atoms with Gasteiger partial charge in [-0.3, -0.25) is 4.79 Å². The summed E-state index contributed by atoms with van der Waals surface area (Å²) in [5.74, 6) is 0.641. The van der Waals surface area contributed by atoms with Crippen LogP contribution in [0.15, 0.2) is 0 Å². The Labute approximate surface area is 105 Å². The Hall–Kier alpha value is -0.610. The van der Waals surface area contributed by atoms with E-state index in [-0.39, 0.29) is 5.91 Å². The average Bonchev–Trinajstić information content (AvgIpc) is 2.21. The summed E-state index contributed by atoms with van der Waals surface area (Å²) in [4.78, 5) is 13.4. The maximum Gasteiger partial charge on any atom is 0.222 e. The largest absolute Gasteiger partial charge is 0.389 e. The van der Waals surface area contributed by atoms with Crippen LogP contribution in [0.5, 0.6) is 0 Å². The van der Waals surface area contributed by atoms with Crippen molar-refractivity contribution in [2.24, 2.45) is 11.7 Å². The summed E-state index contributed by atoms with van der Waals surface area (Å²) in [5.41, 5.74) is 4.70. The van der Waals surface area contributed by atoms with Gasteiger partial charge in [-0.25, -0.2) is 0 Å². The van der Waals surface area contributed by atoms with Crippen LogP contribution in [0.4, 0.5) is 0 Å². The van der Waals surface area contributed by atoms with Gasteiger partial charge in [0.15, 0.2) is 0 Å². The Morgan fingerprint density at radius 3 is 2.41 bits per heavy atom. The number of rotatable bonds is 8. The minimum atomic E-state index is -0.828. The Morgan fingerprint density at radius 1 is 1.41 bits per heavy atom. The van der Waals surface area contributed by atoms with Crippen molar-refractivity contribution in [3.05, 3.63) is 0 Å². The summed E-state index contributed by atoms with van der Waals surface area (Å²) in [6.07, 6.45) is 3.49. The highest BCUT2D eigenvalue weighted by Crippen LogP contribution is 2.15. The molecule has 1 amide bonds. The first-order chi connectivity index (χ1) is 7.80. The highest BCUT2D eigenvalue weighted by molar-refractivity contribution is 5.75. The van der Waals surface area contributed by atoms with E-state index in [9.17, 15) is 9.90 Å². The quantitative estimate of drug-likeness (QED) is 0.677. The van der Waals surface area contributed by atoms with E-state index in [1.807, 2.05) is 0 Å². The van der Waals surface area contributed by atoms with Crippen molar-refractivity contribution in [1.82, 2.24) is 4.90 Å². The van der Waals surface area contributed by atoms with Gasteiger partial charge in [0, 0.05) is 20.0 Å². The maximum absolute atomic E-state index is 11.8. The van der Waals surface area contributed by atoms with Crippen molar-refractivity contribution in [1.29, 1.82) is 0 Å². The zero-order valence-electron chi connectivity index (χ0n) is 11.7. The molecule has 0 saturated heterocycles. The van der Waals surface area contributed by atoms with Gasteiger partial charge >= 0.3 is 0 Å². The smallest absolute Gasteiger partial charge is 0.222 e. The molecule has 0 saturated carbocycles. The normalized spacial score (nSPS) is 13.5. The summed E-state index contributed by atoms with van der Waals surface area (Å²) in [6, 6.07) is 0. The number of aliphatic hydroxyl groups is 1. The van der Waals surface area contributed by atoms with Crippen LogP contribution in [-0.2, 0) is 4.79 Å². The first-order valence-electron chi connectivity index (χ1n) is 6.46. The molecule has 0 aliphatic carbocycles. The minimum absolute atomic E-state index is 0.0996. The summed E-state index contributed by atoms with van der Waals surface area (Å²) in [5, 5.41) is 9.63. The monoisotopic (exact) mass is 244 g/mol. The van der Waals surface area contributed by atoms with Gasteiger partial charge in [-0.2, -0.15) is 0 Å². The lowest BCUT2D eigenvalue weighted by atomic mass is 9.96. The fourth-order valence-corrected chi connectivity index (χ4v) is 1.98. The van der Waals surface area contributed by atoms with Gasteiger partial charge in [0.05, 0.1) is 5.60 Å². The third kappa shape index (κ3) is 8.16. The number of likely N-dealkylation sites (N-methyl/N-ethyl adjacent to an activating group) is 1. The van der Waals surface area contributed by atoms with Gasteiger partial charge < -0.3 is 15.7 Å². The fraction of sp³-hybridized carbons (Fsp3) is 0.923. The molecular formula is C13H28N2O2. The minimum Gasteiger partial charge on any atom is -0.389 e. The molecule has 0 rings (SSSR count). The van der Waals surface area contributed by atoms with Gasteiger partial charge in [-0.15, -0.1) is 0 Å². The predicted octanol–water partition coefficient (Wildman–Crippen LogP) is 1.37. The first kappa shape index (κ1) is 16.4. The zero-order valence-corrected chi connectivity index (χ0v) is 11.7. The number of nitrogens with two attached hydrogens (primary N) is 1. The number of amides is 1.